The van der Waals surface area contributed by atoms with Gasteiger partial charge in [0.15, 0.2) is 0 Å². The van der Waals surface area contributed by atoms with Crippen molar-refractivity contribution in [2.24, 2.45) is 10.1 Å². The molecule has 138 valence electrons. The number of para-hydroxylation sites is 1. The molecule has 1 saturated carbocycles. The molecule has 0 amide bonds. The van der Waals surface area contributed by atoms with E-state index in [0.717, 1.165) is 28.9 Å². The minimum atomic E-state index is 0.226. The number of thiazole rings is 1. The second kappa shape index (κ2) is 8.35. The Morgan fingerprint density at radius 2 is 1.70 bits per heavy atom. The zero-order valence-electron chi connectivity index (χ0n) is 15.2. The van der Waals surface area contributed by atoms with Gasteiger partial charge in [0.1, 0.15) is 5.75 Å². The fourth-order valence-electron chi connectivity index (χ4n) is 3.39. The summed E-state index contributed by atoms with van der Waals surface area (Å²) in [6.45, 7) is 0. The first-order valence-electron chi connectivity index (χ1n) is 9.43. The van der Waals surface area contributed by atoms with E-state index in [0.29, 0.717) is 11.6 Å². The van der Waals surface area contributed by atoms with Gasteiger partial charge in [-0.05, 0) is 25.0 Å². The second-order valence-corrected chi connectivity index (χ2v) is 7.64. The lowest BCUT2D eigenvalue weighted by atomic mass is 9.96. The largest absolute Gasteiger partial charge is 0.507 e. The lowest BCUT2D eigenvalue weighted by Crippen LogP contribution is -2.19. The molecule has 1 fully saturated rings. The van der Waals surface area contributed by atoms with Crippen LogP contribution in [0.15, 0.2) is 70.1 Å². The van der Waals surface area contributed by atoms with Crippen molar-refractivity contribution in [3.05, 3.63) is 70.3 Å². The maximum Gasteiger partial charge on any atom is 0.206 e. The molecule has 1 aromatic heterocycles. The van der Waals surface area contributed by atoms with Crippen LogP contribution in [0.2, 0.25) is 0 Å². The molecule has 27 heavy (non-hydrogen) atoms. The summed E-state index contributed by atoms with van der Waals surface area (Å²) in [7, 11) is 0. The number of benzene rings is 2. The van der Waals surface area contributed by atoms with Gasteiger partial charge in [0, 0.05) is 16.5 Å². The van der Waals surface area contributed by atoms with Gasteiger partial charge in [0.25, 0.3) is 0 Å². The maximum absolute atomic E-state index is 10.0. The molecule has 0 spiro atoms. The van der Waals surface area contributed by atoms with Crippen LogP contribution in [0.25, 0.3) is 11.3 Å². The Kier molecular flexibility index (Phi) is 5.49. The van der Waals surface area contributed by atoms with E-state index >= 15 is 0 Å². The van der Waals surface area contributed by atoms with Crippen LogP contribution in [-0.4, -0.2) is 22.0 Å². The highest BCUT2D eigenvalue weighted by molar-refractivity contribution is 7.07. The number of aromatic nitrogens is 1. The molecule has 1 aliphatic carbocycles. The normalized spacial score (nSPS) is 16.2. The fraction of sp³-hybridized carbons (Fsp3) is 0.273. The molecule has 1 heterocycles. The highest BCUT2D eigenvalue weighted by atomic mass is 32.1. The number of hydrogen-bond acceptors (Lipinski definition) is 4. The Balaban J connectivity index is 1.77. The molecule has 0 radical (unpaired) electrons. The Labute approximate surface area is 163 Å². The molecule has 0 unspecified atom stereocenters. The summed E-state index contributed by atoms with van der Waals surface area (Å²) in [6.07, 6.45) is 7.84. The van der Waals surface area contributed by atoms with Crippen LogP contribution in [0.5, 0.6) is 5.75 Å². The van der Waals surface area contributed by atoms with E-state index in [1.807, 2.05) is 41.1 Å². The average molecular weight is 378 g/mol. The van der Waals surface area contributed by atoms with Crippen molar-refractivity contribution in [1.82, 2.24) is 4.68 Å². The van der Waals surface area contributed by atoms with Crippen LogP contribution in [0, 0.1) is 0 Å². The topological polar surface area (TPSA) is 49.9 Å². The van der Waals surface area contributed by atoms with Crippen molar-refractivity contribution in [2.75, 3.05) is 0 Å². The second-order valence-electron chi connectivity index (χ2n) is 6.81. The van der Waals surface area contributed by atoms with Crippen LogP contribution in [0.1, 0.15) is 37.7 Å². The predicted octanol–water partition coefficient (Wildman–Crippen LogP) is 5.04. The molecule has 4 rings (SSSR count). The van der Waals surface area contributed by atoms with E-state index in [1.165, 1.54) is 19.3 Å². The summed E-state index contributed by atoms with van der Waals surface area (Å²) in [5, 5.41) is 16.8. The first-order valence-corrected chi connectivity index (χ1v) is 10.3. The number of hydrogen-bond donors (Lipinski definition) is 1. The molecule has 4 nitrogen and oxygen atoms in total. The molecule has 1 N–H and O–H groups in total. The van der Waals surface area contributed by atoms with Crippen LogP contribution >= 0.6 is 11.3 Å². The molecule has 0 saturated heterocycles. The molecule has 3 aromatic rings. The Morgan fingerprint density at radius 1 is 0.963 bits per heavy atom. The maximum atomic E-state index is 10.0. The van der Waals surface area contributed by atoms with E-state index in [2.05, 4.69) is 22.6 Å². The molecular formula is C22H23N3OS. The fourth-order valence-corrected chi connectivity index (χ4v) is 4.30. The van der Waals surface area contributed by atoms with Gasteiger partial charge >= 0.3 is 0 Å². The minimum absolute atomic E-state index is 0.226. The number of aromatic hydroxyl groups is 1. The molecular weight excluding hydrogens is 354 g/mol. The van der Waals surface area contributed by atoms with Crippen molar-refractivity contribution in [2.45, 2.75) is 38.1 Å². The van der Waals surface area contributed by atoms with Gasteiger partial charge < -0.3 is 5.11 Å². The summed E-state index contributed by atoms with van der Waals surface area (Å²) in [5.41, 5.74) is 2.81. The number of rotatable bonds is 4. The minimum Gasteiger partial charge on any atom is -0.507 e. The first kappa shape index (κ1) is 17.7. The standard InChI is InChI=1S/C22H23N3OS/c26-21-14-8-7-11-18(21)15-23-25-20(17-9-3-1-4-10-17)16-27-22(25)24-19-12-5-2-6-13-19/h1,3-4,7-11,14-16,19,26H,2,5-6,12-13H2. The van der Waals surface area contributed by atoms with Crippen LogP contribution in [-0.2, 0) is 0 Å². The van der Waals surface area contributed by atoms with Gasteiger partial charge in [-0.1, -0.05) is 61.7 Å². The van der Waals surface area contributed by atoms with Crippen LogP contribution < -0.4 is 4.80 Å². The third-order valence-electron chi connectivity index (χ3n) is 4.87. The Hall–Kier alpha value is -2.66. The third-order valence-corrected chi connectivity index (χ3v) is 5.70. The van der Waals surface area contributed by atoms with Crippen molar-refractivity contribution < 1.29 is 5.11 Å². The molecule has 0 bridgehead atoms. The summed E-state index contributed by atoms with van der Waals surface area (Å²) in [5.74, 6) is 0.226. The summed E-state index contributed by atoms with van der Waals surface area (Å²) < 4.78 is 1.90. The molecule has 1 aliphatic rings. The molecule has 0 aliphatic heterocycles. The highest BCUT2D eigenvalue weighted by Gasteiger charge is 2.14. The molecule has 0 atom stereocenters. The van der Waals surface area contributed by atoms with E-state index in [1.54, 1.807) is 23.6 Å². The summed E-state index contributed by atoms with van der Waals surface area (Å²) in [4.78, 5) is 5.91. The first-order chi connectivity index (χ1) is 13.3. The van der Waals surface area contributed by atoms with Gasteiger partial charge in [-0.2, -0.15) is 5.10 Å². The SMILES string of the molecule is Oc1ccccc1C=Nn1c(-c2ccccc2)csc1=NC1CCCCC1. The number of phenols is 1. The van der Waals surface area contributed by atoms with Gasteiger partial charge in [0.05, 0.1) is 18.0 Å². The smallest absolute Gasteiger partial charge is 0.206 e. The molecule has 5 heteroatoms. The van der Waals surface area contributed by atoms with Crippen molar-refractivity contribution in [1.29, 1.82) is 0 Å². The monoisotopic (exact) mass is 377 g/mol. The van der Waals surface area contributed by atoms with Crippen LogP contribution in [0.4, 0.5) is 0 Å². The number of phenolic OH excluding ortho intramolecular Hbond substituents is 1. The quantitative estimate of drug-likeness (QED) is 0.636. The lowest BCUT2D eigenvalue weighted by Gasteiger charge is -2.16. The van der Waals surface area contributed by atoms with E-state index < -0.39 is 0 Å². The van der Waals surface area contributed by atoms with Crippen molar-refractivity contribution in [3.63, 3.8) is 0 Å². The van der Waals surface area contributed by atoms with Gasteiger partial charge in [-0.25, -0.2) is 4.68 Å². The molecule has 2 aromatic carbocycles. The third kappa shape index (κ3) is 4.19. The zero-order chi connectivity index (χ0) is 18.5. The van der Waals surface area contributed by atoms with Crippen LogP contribution in [0.3, 0.4) is 0 Å². The van der Waals surface area contributed by atoms with Crippen molar-refractivity contribution in [3.8, 4) is 17.0 Å². The lowest BCUT2D eigenvalue weighted by molar-refractivity contribution is 0.435. The Morgan fingerprint density at radius 3 is 2.48 bits per heavy atom. The summed E-state index contributed by atoms with van der Waals surface area (Å²) >= 11 is 1.62. The van der Waals surface area contributed by atoms with Gasteiger partial charge in [-0.3, -0.25) is 4.99 Å². The van der Waals surface area contributed by atoms with Crippen molar-refractivity contribution >= 4 is 17.6 Å². The van der Waals surface area contributed by atoms with Gasteiger partial charge in [0.2, 0.25) is 4.80 Å². The highest BCUT2D eigenvalue weighted by Crippen LogP contribution is 2.22. The summed E-state index contributed by atoms with van der Waals surface area (Å²) in [6, 6.07) is 17.8. The van der Waals surface area contributed by atoms with Gasteiger partial charge in [-0.15, -0.1) is 11.3 Å². The number of nitrogens with zero attached hydrogens (tertiary/aromatic N) is 3. The predicted molar refractivity (Wildman–Crippen MR) is 111 cm³/mol. The van der Waals surface area contributed by atoms with E-state index in [4.69, 9.17) is 4.99 Å². The Bertz CT molecular complexity index is 982. The zero-order valence-corrected chi connectivity index (χ0v) is 16.0. The average Bonchev–Trinajstić information content (AvgIpc) is 3.11. The van der Waals surface area contributed by atoms with E-state index in [-0.39, 0.29) is 5.75 Å². The van der Waals surface area contributed by atoms with E-state index in [9.17, 15) is 5.11 Å².